The summed E-state index contributed by atoms with van der Waals surface area (Å²) in [5.74, 6) is 0.0209. The highest BCUT2D eigenvalue weighted by atomic mass is 79.9. The van der Waals surface area contributed by atoms with E-state index in [2.05, 4.69) is 21.2 Å². The Morgan fingerprint density at radius 1 is 1.38 bits per heavy atom. The molecule has 24 heavy (non-hydrogen) atoms. The fourth-order valence-electron chi connectivity index (χ4n) is 1.77. The summed E-state index contributed by atoms with van der Waals surface area (Å²) < 4.78 is 11.7. The molecule has 0 aromatic heterocycles. The number of halogens is 2. The highest BCUT2D eigenvalue weighted by Crippen LogP contribution is 2.28. The lowest BCUT2D eigenvalue weighted by molar-refractivity contribution is -0.118. The maximum atomic E-state index is 11.9. The number of benzene rings is 1. The van der Waals surface area contributed by atoms with Crippen LogP contribution in [0.3, 0.4) is 0 Å². The third-order valence-electron chi connectivity index (χ3n) is 2.79. The molecule has 6 nitrogen and oxygen atoms in total. The molecular weight excluding hydrogens is 400 g/mol. The molecule has 0 fully saturated rings. The van der Waals surface area contributed by atoms with Crippen molar-refractivity contribution in [2.75, 3.05) is 6.61 Å². The number of carbonyl (C=O) groups is 2. The highest BCUT2D eigenvalue weighted by Gasteiger charge is 2.20. The first-order valence-electron chi connectivity index (χ1n) is 7.42. The Kier molecular flexibility index (Phi) is 7.83. The van der Waals surface area contributed by atoms with E-state index in [-0.39, 0.29) is 13.0 Å². The van der Waals surface area contributed by atoms with Gasteiger partial charge in [-0.3, -0.25) is 4.79 Å². The first kappa shape index (κ1) is 20.6. The molecule has 1 aromatic rings. The van der Waals surface area contributed by atoms with Crippen LogP contribution >= 0.6 is 27.5 Å². The molecule has 0 aliphatic heterocycles. The largest absolute Gasteiger partial charge is 0.490 e. The molecular formula is C16H22BrClN2O4. The molecule has 0 unspecified atom stereocenters. The number of primary amides is 1. The topological polar surface area (TPSA) is 90.6 Å². The van der Waals surface area contributed by atoms with Crippen molar-refractivity contribution in [2.24, 2.45) is 5.73 Å². The Bertz CT molecular complexity index is 590. The van der Waals surface area contributed by atoms with Gasteiger partial charge in [-0.2, -0.15) is 0 Å². The number of ether oxygens (including phenoxy) is 2. The van der Waals surface area contributed by atoms with Gasteiger partial charge in [0.1, 0.15) is 18.0 Å². The zero-order valence-corrected chi connectivity index (χ0v) is 16.2. The van der Waals surface area contributed by atoms with E-state index >= 15 is 0 Å². The van der Waals surface area contributed by atoms with E-state index in [1.54, 1.807) is 39.0 Å². The second-order valence-corrected chi connectivity index (χ2v) is 7.56. The molecule has 1 aromatic carbocycles. The van der Waals surface area contributed by atoms with Crippen molar-refractivity contribution in [3.63, 3.8) is 0 Å². The number of rotatable bonds is 7. The van der Waals surface area contributed by atoms with E-state index in [4.69, 9.17) is 26.8 Å². The fourth-order valence-corrected chi connectivity index (χ4v) is 2.28. The summed E-state index contributed by atoms with van der Waals surface area (Å²) in [6.45, 7) is 5.43. The number of carbonyl (C=O) groups excluding carboxylic acids is 2. The van der Waals surface area contributed by atoms with Crippen molar-refractivity contribution in [3.05, 3.63) is 27.7 Å². The zero-order chi connectivity index (χ0) is 18.3. The monoisotopic (exact) mass is 420 g/mol. The van der Waals surface area contributed by atoms with Crippen LogP contribution < -0.4 is 15.8 Å². The van der Waals surface area contributed by atoms with Crippen LogP contribution in [0.25, 0.3) is 0 Å². The molecule has 0 spiro atoms. The third kappa shape index (κ3) is 8.40. The van der Waals surface area contributed by atoms with Gasteiger partial charge in [-0.15, -0.1) is 0 Å². The van der Waals surface area contributed by atoms with E-state index in [0.717, 1.165) is 4.47 Å². The van der Waals surface area contributed by atoms with Crippen LogP contribution in [0.15, 0.2) is 22.7 Å². The average Bonchev–Trinajstić information content (AvgIpc) is 2.43. The van der Waals surface area contributed by atoms with Gasteiger partial charge in [-0.25, -0.2) is 4.79 Å². The SMILES string of the molecule is CC(C)(C)OC(=O)N[C@@H](CCC(N)=O)COc1cc(Br)ccc1Cl. The van der Waals surface area contributed by atoms with Gasteiger partial charge in [0.2, 0.25) is 5.91 Å². The number of nitrogens with two attached hydrogens (primary N) is 1. The number of hydrogen-bond donors (Lipinski definition) is 2. The van der Waals surface area contributed by atoms with Gasteiger partial charge in [0.05, 0.1) is 11.1 Å². The standard InChI is InChI=1S/C16H22BrClN2O4/c1-16(2,3)24-15(22)20-11(5-7-14(19)21)9-23-13-8-10(17)4-6-12(13)18/h4,6,8,11H,5,7,9H2,1-3H3,(H2,19,21)(H,20,22)/t11-/m0/s1. The minimum absolute atomic E-state index is 0.121. The van der Waals surface area contributed by atoms with Crippen LogP contribution in [0.2, 0.25) is 5.02 Å². The normalized spacial score (nSPS) is 12.4. The van der Waals surface area contributed by atoms with Crippen molar-refractivity contribution in [3.8, 4) is 5.75 Å². The molecule has 0 saturated heterocycles. The van der Waals surface area contributed by atoms with Gasteiger partial charge in [0, 0.05) is 10.9 Å². The van der Waals surface area contributed by atoms with Crippen LogP contribution in [0, 0.1) is 0 Å². The Morgan fingerprint density at radius 2 is 2.04 bits per heavy atom. The summed E-state index contributed by atoms with van der Waals surface area (Å²) in [7, 11) is 0. The first-order chi connectivity index (χ1) is 11.1. The lowest BCUT2D eigenvalue weighted by Crippen LogP contribution is -2.42. The predicted octanol–water partition coefficient (Wildman–Crippen LogP) is 3.64. The van der Waals surface area contributed by atoms with Crippen LogP contribution in [0.4, 0.5) is 4.79 Å². The molecule has 0 aliphatic carbocycles. The van der Waals surface area contributed by atoms with Crippen LogP contribution in [0.1, 0.15) is 33.6 Å². The summed E-state index contributed by atoms with van der Waals surface area (Å²) in [5.41, 5.74) is 4.56. The second kappa shape index (κ2) is 9.13. The van der Waals surface area contributed by atoms with E-state index in [0.29, 0.717) is 17.2 Å². The molecule has 3 N–H and O–H groups in total. The first-order valence-corrected chi connectivity index (χ1v) is 8.59. The summed E-state index contributed by atoms with van der Waals surface area (Å²) in [6.07, 6.45) is -0.128. The third-order valence-corrected chi connectivity index (χ3v) is 3.60. The van der Waals surface area contributed by atoms with Crippen LogP contribution in [-0.2, 0) is 9.53 Å². The molecule has 2 amide bonds. The van der Waals surface area contributed by atoms with Crippen molar-refractivity contribution in [2.45, 2.75) is 45.3 Å². The van der Waals surface area contributed by atoms with Crippen molar-refractivity contribution in [1.82, 2.24) is 5.32 Å². The van der Waals surface area contributed by atoms with Gasteiger partial charge in [0.25, 0.3) is 0 Å². The molecule has 0 aliphatic rings. The smallest absolute Gasteiger partial charge is 0.407 e. The molecule has 8 heteroatoms. The van der Waals surface area contributed by atoms with Gasteiger partial charge < -0.3 is 20.5 Å². The van der Waals surface area contributed by atoms with Gasteiger partial charge >= 0.3 is 6.09 Å². The minimum atomic E-state index is -0.618. The Labute approximate surface area is 155 Å². The van der Waals surface area contributed by atoms with Crippen LogP contribution in [-0.4, -0.2) is 30.3 Å². The Balaban J connectivity index is 2.69. The zero-order valence-electron chi connectivity index (χ0n) is 13.9. The molecule has 1 rings (SSSR count). The number of amides is 2. The molecule has 134 valence electrons. The maximum absolute atomic E-state index is 11.9. The summed E-state index contributed by atoms with van der Waals surface area (Å²) >= 11 is 9.40. The Hall–Kier alpha value is -1.47. The molecule has 0 bridgehead atoms. The lowest BCUT2D eigenvalue weighted by Gasteiger charge is -2.23. The summed E-state index contributed by atoms with van der Waals surface area (Å²) in [6, 6.07) is 4.77. The predicted molar refractivity (Wildman–Crippen MR) is 96.2 cm³/mol. The second-order valence-electron chi connectivity index (χ2n) is 6.23. The molecule has 1 atom stereocenters. The van der Waals surface area contributed by atoms with Crippen LogP contribution in [0.5, 0.6) is 5.75 Å². The lowest BCUT2D eigenvalue weighted by atomic mass is 10.1. The van der Waals surface area contributed by atoms with E-state index in [9.17, 15) is 9.59 Å². The number of hydrogen-bond acceptors (Lipinski definition) is 4. The van der Waals surface area contributed by atoms with E-state index < -0.39 is 23.6 Å². The van der Waals surface area contributed by atoms with Gasteiger partial charge in [0.15, 0.2) is 0 Å². The summed E-state index contributed by atoms with van der Waals surface area (Å²) in [4.78, 5) is 22.9. The van der Waals surface area contributed by atoms with Crippen molar-refractivity contribution in [1.29, 1.82) is 0 Å². The van der Waals surface area contributed by atoms with Crippen molar-refractivity contribution >= 4 is 39.5 Å². The maximum Gasteiger partial charge on any atom is 0.407 e. The molecule has 0 saturated carbocycles. The average molecular weight is 422 g/mol. The van der Waals surface area contributed by atoms with Crippen molar-refractivity contribution < 1.29 is 19.1 Å². The number of alkyl carbamates (subject to hydrolysis) is 1. The van der Waals surface area contributed by atoms with Gasteiger partial charge in [-0.1, -0.05) is 27.5 Å². The Morgan fingerprint density at radius 3 is 2.62 bits per heavy atom. The minimum Gasteiger partial charge on any atom is -0.490 e. The van der Waals surface area contributed by atoms with Gasteiger partial charge in [-0.05, 0) is 45.4 Å². The molecule has 0 radical (unpaired) electrons. The number of nitrogens with one attached hydrogen (secondary N) is 1. The van der Waals surface area contributed by atoms with E-state index in [1.807, 2.05) is 0 Å². The summed E-state index contributed by atoms with van der Waals surface area (Å²) in [5, 5.41) is 3.13. The quantitative estimate of drug-likeness (QED) is 0.703. The fraction of sp³-hybridized carbons (Fsp3) is 0.500. The highest BCUT2D eigenvalue weighted by molar-refractivity contribution is 9.10. The molecule has 0 heterocycles. The van der Waals surface area contributed by atoms with E-state index in [1.165, 1.54) is 0 Å².